The van der Waals surface area contributed by atoms with Crippen LogP contribution in [0.2, 0.25) is 0 Å². The summed E-state index contributed by atoms with van der Waals surface area (Å²) in [4.78, 5) is 8.17. The molecule has 9 aromatic rings. The predicted molar refractivity (Wildman–Crippen MR) is 350 cm³/mol. The molecule has 0 amide bonds. The molecule has 2 atom stereocenters. The summed E-state index contributed by atoms with van der Waals surface area (Å²) in [5.74, 6) is 0. The van der Waals surface area contributed by atoms with E-state index in [9.17, 15) is 0 Å². The number of fused-ring (bicyclic) bond motifs is 12. The Bertz CT molecular complexity index is 4180. The van der Waals surface area contributed by atoms with Gasteiger partial charge in [0.1, 0.15) is 11.2 Å². The highest BCUT2D eigenvalue weighted by Crippen LogP contribution is 2.62. The van der Waals surface area contributed by atoms with Crippen molar-refractivity contribution in [2.75, 3.05) is 14.7 Å². The van der Waals surface area contributed by atoms with Gasteiger partial charge in [-0.25, -0.2) is 0 Å². The molecule has 4 heterocycles. The SMILES string of the molecule is Cc1cc2c3c(c1)N(c1cccc4oc5ccccc5c14)c1cc(N4c5ccc(-c6ccc(C(C)(C)C)cc6)cc5C5(C)CCCCC45C)ccc1B3c1cc3c(cc1N2c1ccc2c(c1)C(C)(C)CCC2(C)C)C(C)(C)CCC3(C)C. The smallest absolute Gasteiger partial charge is 0.252 e. The van der Waals surface area contributed by atoms with Crippen LogP contribution in [0.3, 0.4) is 0 Å². The van der Waals surface area contributed by atoms with Crippen LogP contribution in [0.1, 0.15) is 180 Å². The van der Waals surface area contributed by atoms with Gasteiger partial charge in [-0.2, -0.15) is 0 Å². The number of aryl methyl sites for hydroxylation is 1. The largest absolute Gasteiger partial charge is 0.456 e. The minimum Gasteiger partial charge on any atom is -0.456 e. The molecule has 1 saturated carbocycles. The lowest BCUT2D eigenvalue weighted by Crippen LogP contribution is -2.62. The van der Waals surface area contributed by atoms with Crippen LogP contribution >= 0.6 is 0 Å². The molecule has 414 valence electrons. The Balaban J connectivity index is 1.01. The molecule has 1 fully saturated rings. The molecule has 8 aromatic carbocycles. The number of anilines is 8. The summed E-state index contributed by atoms with van der Waals surface area (Å²) in [6.07, 6.45) is 9.42. The first-order valence-corrected chi connectivity index (χ1v) is 31.1. The van der Waals surface area contributed by atoms with E-state index in [0.717, 1.165) is 53.3 Å². The van der Waals surface area contributed by atoms with Crippen LogP contribution in [0.5, 0.6) is 0 Å². The van der Waals surface area contributed by atoms with Gasteiger partial charge < -0.3 is 19.1 Å². The number of benzene rings is 8. The van der Waals surface area contributed by atoms with Crippen molar-refractivity contribution in [3.63, 3.8) is 0 Å². The van der Waals surface area contributed by atoms with E-state index in [1.54, 1.807) is 0 Å². The molecule has 3 aliphatic heterocycles. The molecule has 0 saturated heterocycles. The topological polar surface area (TPSA) is 22.9 Å². The second-order valence-corrected chi connectivity index (χ2v) is 30.2. The zero-order valence-electron chi connectivity index (χ0n) is 51.3. The van der Waals surface area contributed by atoms with Crippen molar-refractivity contribution in [3.8, 4) is 11.1 Å². The number of nitrogens with zero attached hydrogens (tertiary/aromatic N) is 3. The van der Waals surface area contributed by atoms with Gasteiger partial charge in [-0.1, -0.05) is 169 Å². The van der Waals surface area contributed by atoms with Crippen molar-refractivity contribution in [1.82, 2.24) is 0 Å². The normalized spacial score (nSPS) is 22.3. The molecular weight excluding hydrogens is 994 g/mol. The van der Waals surface area contributed by atoms with Crippen LogP contribution < -0.4 is 31.1 Å². The molecule has 0 bridgehead atoms. The lowest BCUT2D eigenvalue weighted by molar-refractivity contribution is 0.195. The van der Waals surface area contributed by atoms with Crippen molar-refractivity contribution in [3.05, 3.63) is 185 Å². The van der Waals surface area contributed by atoms with Crippen molar-refractivity contribution >= 4 is 90.5 Å². The molecular formula is C77H82BN3O. The number of rotatable bonds is 4. The molecule has 2 unspecified atom stereocenters. The number of hydrogen-bond donors (Lipinski definition) is 0. The average Bonchev–Trinajstić information content (AvgIpc) is 1.27. The maximum absolute atomic E-state index is 6.79. The molecule has 82 heavy (non-hydrogen) atoms. The second-order valence-electron chi connectivity index (χ2n) is 30.2. The lowest BCUT2D eigenvalue weighted by Gasteiger charge is -2.51. The van der Waals surface area contributed by atoms with E-state index >= 15 is 0 Å². The van der Waals surface area contributed by atoms with Gasteiger partial charge in [0.15, 0.2) is 0 Å². The third-order valence-electron chi connectivity index (χ3n) is 22.3. The van der Waals surface area contributed by atoms with Crippen molar-refractivity contribution in [2.24, 2.45) is 0 Å². The van der Waals surface area contributed by atoms with E-state index < -0.39 is 0 Å². The third-order valence-corrected chi connectivity index (χ3v) is 22.3. The predicted octanol–water partition coefficient (Wildman–Crippen LogP) is 19.4. The molecule has 3 aliphatic carbocycles. The van der Waals surface area contributed by atoms with Crippen LogP contribution in [0.4, 0.5) is 45.5 Å². The minimum absolute atomic E-state index is 0.0227. The lowest BCUT2D eigenvalue weighted by atomic mass is 9.33. The number of furan rings is 1. The number of para-hydroxylation sites is 1. The van der Waals surface area contributed by atoms with E-state index in [2.05, 4.69) is 257 Å². The maximum Gasteiger partial charge on any atom is 0.252 e. The van der Waals surface area contributed by atoms with Crippen molar-refractivity contribution in [2.45, 2.75) is 186 Å². The van der Waals surface area contributed by atoms with E-state index in [1.807, 2.05) is 0 Å². The molecule has 1 aromatic heterocycles. The van der Waals surface area contributed by atoms with Crippen LogP contribution in [0, 0.1) is 6.92 Å². The van der Waals surface area contributed by atoms with E-state index in [1.165, 1.54) is 132 Å². The fraction of sp³-hybridized carbons (Fsp3) is 0.377. The zero-order chi connectivity index (χ0) is 57.0. The van der Waals surface area contributed by atoms with E-state index in [4.69, 9.17) is 4.42 Å². The molecule has 5 heteroatoms. The van der Waals surface area contributed by atoms with Crippen LogP contribution in [-0.2, 0) is 32.5 Å². The van der Waals surface area contributed by atoms with Crippen molar-refractivity contribution < 1.29 is 4.42 Å². The summed E-state index contributed by atoms with van der Waals surface area (Å²) >= 11 is 0. The third kappa shape index (κ3) is 7.22. The van der Waals surface area contributed by atoms with Gasteiger partial charge in [-0.3, -0.25) is 0 Å². The van der Waals surface area contributed by atoms with Gasteiger partial charge in [0, 0.05) is 50.6 Å². The van der Waals surface area contributed by atoms with Gasteiger partial charge in [0.25, 0.3) is 6.71 Å². The fourth-order valence-corrected chi connectivity index (χ4v) is 17.0. The van der Waals surface area contributed by atoms with Crippen LogP contribution in [0.25, 0.3) is 33.1 Å². The summed E-state index contributed by atoms with van der Waals surface area (Å²) in [6, 6.07) is 57.8. The number of hydrogen-bond acceptors (Lipinski definition) is 4. The highest BCUT2D eigenvalue weighted by Gasteiger charge is 2.58. The fourth-order valence-electron chi connectivity index (χ4n) is 17.0. The summed E-state index contributed by atoms with van der Waals surface area (Å²) in [5, 5.41) is 2.29. The Labute approximate surface area is 489 Å². The van der Waals surface area contributed by atoms with E-state index in [-0.39, 0.29) is 44.7 Å². The monoisotopic (exact) mass is 1080 g/mol. The van der Waals surface area contributed by atoms with Gasteiger partial charge >= 0.3 is 0 Å². The summed E-state index contributed by atoms with van der Waals surface area (Å²) in [5.41, 5.74) is 28.8. The highest BCUT2D eigenvalue weighted by molar-refractivity contribution is 7.00. The van der Waals surface area contributed by atoms with Gasteiger partial charge in [0.05, 0.1) is 16.6 Å². The quantitative estimate of drug-likeness (QED) is 0.164. The Kier molecular flexibility index (Phi) is 10.8. The molecule has 4 nitrogen and oxygen atoms in total. The first-order chi connectivity index (χ1) is 38.9. The van der Waals surface area contributed by atoms with E-state index in [0.29, 0.717) is 0 Å². The van der Waals surface area contributed by atoms with Crippen molar-refractivity contribution in [1.29, 1.82) is 0 Å². The Morgan fingerprint density at radius 3 is 1.77 bits per heavy atom. The standard InChI is InChI=1S/C77H82BN3O/c1-47-40-65-70-66(41-47)80(62-21-19-23-68-69(62)53-20-15-16-22-67(53)82-68)63-44-52(81-61-33-26-49(48-24-27-50(28-25-48)71(2,3)4)42-58(61)76(13)34-17-18-35-77(76,81)14)30-32-59(63)78(70)60-45-56-57(75(11,12)39-38-74(56,9)10)46-64(60)79(65)51-29-31-54-55(43-51)73(7,8)37-36-72(54,5)6/h15-16,19-33,40-46H,17-18,34-39H2,1-14H3. The zero-order valence-corrected chi connectivity index (χ0v) is 51.3. The highest BCUT2D eigenvalue weighted by atomic mass is 16.3. The van der Waals surface area contributed by atoms with Gasteiger partial charge in [-0.15, -0.1) is 0 Å². The summed E-state index contributed by atoms with van der Waals surface area (Å²) in [7, 11) is 0. The molecule has 6 aliphatic rings. The second kappa shape index (κ2) is 17.1. The molecule has 0 N–H and O–H groups in total. The first-order valence-electron chi connectivity index (χ1n) is 31.1. The Morgan fingerprint density at radius 2 is 1.05 bits per heavy atom. The summed E-state index contributed by atoms with van der Waals surface area (Å²) < 4.78 is 6.79. The van der Waals surface area contributed by atoms with Crippen LogP contribution in [-0.4, -0.2) is 12.3 Å². The first kappa shape index (κ1) is 51.9. The molecule has 0 radical (unpaired) electrons. The Morgan fingerprint density at radius 1 is 0.439 bits per heavy atom. The molecule has 0 spiro atoms. The Hall–Kier alpha value is -6.98. The molecule has 15 rings (SSSR count). The maximum atomic E-state index is 6.79. The van der Waals surface area contributed by atoms with Gasteiger partial charge in [-0.05, 0) is 219 Å². The summed E-state index contributed by atoms with van der Waals surface area (Å²) in [6.45, 7) is 34.3. The van der Waals surface area contributed by atoms with Crippen LogP contribution in [0.15, 0.2) is 150 Å². The minimum atomic E-state index is -0.146. The van der Waals surface area contributed by atoms with Gasteiger partial charge in [0.2, 0.25) is 0 Å². The average molecular weight is 1080 g/mol.